The molecule has 0 aliphatic heterocycles. The summed E-state index contributed by atoms with van der Waals surface area (Å²) in [4.78, 5) is -0.257. The fourth-order valence-electron chi connectivity index (χ4n) is 3.41. The van der Waals surface area contributed by atoms with Crippen LogP contribution in [0.4, 0.5) is 13.2 Å². The van der Waals surface area contributed by atoms with Crippen LogP contribution in [0.1, 0.15) is 16.7 Å². The van der Waals surface area contributed by atoms with Gasteiger partial charge >= 0.3 is 6.18 Å². The van der Waals surface area contributed by atoms with Crippen molar-refractivity contribution in [1.29, 1.82) is 0 Å². The Morgan fingerprint density at radius 3 is 2.03 bits per heavy atom. The molecule has 0 amide bonds. The Morgan fingerprint density at radius 2 is 1.38 bits per heavy atom. The zero-order valence-corrected chi connectivity index (χ0v) is 17.5. The number of alkyl halides is 3. The number of rotatable bonds is 5. The van der Waals surface area contributed by atoms with Crippen molar-refractivity contribution in [2.24, 2.45) is 0 Å². The molecule has 0 fully saturated rings. The molecule has 4 rings (SSSR count). The lowest BCUT2D eigenvalue weighted by atomic mass is 9.97. The Balaban J connectivity index is 1.74. The van der Waals surface area contributed by atoms with Gasteiger partial charge in [-0.1, -0.05) is 72.8 Å². The monoisotopic (exact) mass is 453 g/mol. The number of sulfonamides is 1. The predicted octanol–water partition coefficient (Wildman–Crippen LogP) is 6.18. The summed E-state index contributed by atoms with van der Waals surface area (Å²) in [5.41, 5.74) is 3.30. The normalized spacial score (nSPS) is 12.7. The molecule has 3 nitrogen and oxygen atoms in total. The van der Waals surface area contributed by atoms with Crippen molar-refractivity contribution in [2.75, 3.05) is 0 Å². The van der Waals surface area contributed by atoms with E-state index in [1.165, 1.54) is 6.20 Å². The average Bonchev–Trinajstić information content (AvgIpc) is 3.01. The molecule has 0 bridgehead atoms. The van der Waals surface area contributed by atoms with E-state index in [2.05, 4.69) is 4.72 Å². The summed E-state index contributed by atoms with van der Waals surface area (Å²) < 4.78 is 66.4. The van der Waals surface area contributed by atoms with Crippen LogP contribution in [-0.2, 0) is 16.2 Å². The molecule has 2 aromatic carbocycles. The minimum absolute atomic E-state index is 0.257. The first-order chi connectivity index (χ1) is 15.3. The first-order valence-corrected chi connectivity index (χ1v) is 11.2. The standard InChI is InChI=1S/C25H18F3NO2S/c26-25(27,28)20-12-14-21(15-13-20)32(30,31)29-17-24(18-7-3-1-4-8-18)23-16-11-19-9-5-2-6-10-22(19)23/h1-17,29H. The Morgan fingerprint density at radius 1 is 0.750 bits per heavy atom. The van der Waals surface area contributed by atoms with Crippen molar-refractivity contribution in [3.05, 3.63) is 120 Å². The molecule has 0 aromatic heterocycles. The summed E-state index contributed by atoms with van der Waals surface area (Å²) in [6.07, 6.45) is -3.16. The third-order valence-electron chi connectivity index (χ3n) is 5.02. The number of fused-ring (bicyclic) bond motifs is 1. The van der Waals surface area contributed by atoms with Crippen LogP contribution >= 0.6 is 0 Å². The highest BCUT2D eigenvalue weighted by atomic mass is 32.2. The second kappa shape index (κ2) is 8.51. The number of hydrogen-bond acceptors (Lipinski definition) is 2. The summed E-state index contributed by atoms with van der Waals surface area (Å²) in [6.45, 7) is 0. The summed E-state index contributed by atoms with van der Waals surface area (Å²) in [6, 6.07) is 26.2. The molecule has 0 spiro atoms. The van der Waals surface area contributed by atoms with Gasteiger partial charge in [-0.15, -0.1) is 0 Å². The summed E-state index contributed by atoms with van der Waals surface area (Å²) in [7, 11) is -4.08. The second-order valence-electron chi connectivity index (χ2n) is 7.09. The third kappa shape index (κ3) is 4.53. The van der Waals surface area contributed by atoms with E-state index >= 15 is 0 Å². The van der Waals surface area contributed by atoms with E-state index in [1.807, 2.05) is 72.8 Å². The molecule has 162 valence electrons. The molecule has 2 aliphatic rings. The second-order valence-corrected chi connectivity index (χ2v) is 8.81. The van der Waals surface area contributed by atoms with Crippen LogP contribution in [0.15, 0.2) is 108 Å². The molecular weight excluding hydrogens is 435 g/mol. The lowest BCUT2D eigenvalue weighted by molar-refractivity contribution is -0.137. The fraction of sp³-hybridized carbons (Fsp3) is 0.0400. The highest BCUT2D eigenvalue weighted by molar-refractivity contribution is 7.89. The summed E-state index contributed by atoms with van der Waals surface area (Å²) in [5.74, 6) is 0. The molecule has 0 unspecified atom stereocenters. The first-order valence-electron chi connectivity index (χ1n) is 9.69. The zero-order valence-electron chi connectivity index (χ0n) is 16.7. The molecule has 0 atom stereocenters. The van der Waals surface area contributed by atoms with Crippen molar-refractivity contribution in [2.45, 2.75) is 11.1 Å². The van der Waals surface area contributed by atoms with Gasteiger partial charge in [-0.05, 0) is 46.5 Å². The first kappa shape index (κ1) is 21.6. The minimum atomic E-state index is -4.54. The number of benzene rings is 2. The highest BCUT2D eigenvalue weighted by Gasteiger charge is 2.30. The number of halogens is 3. The SMILES string of the molecule is O=S(=O)(NC=C(c1ccccc1)c1ccc2cccccc1-2)c1ccc(C(F)(F)F)cc1. The lowest BCUT2D eigenvalue weighted by Crippen LogP contribution is -2.19. The largest absolute Gasteiger partial charge is 0.416 e. The molecule has 0 saturated heterocycles. The van der Waals surface area contributed by atoms with E-state index < -0.39 is 21.8 Å². The maximum atomic E-state index is 12.8. The smallest absolute Gasteiger partial charge is 0.286 e. The van der Waals surface area contributed by atoms with Crippen molar-refractivity contribution >= 4 is 15.6 Å². The Kier molecular flexibility index (Phi) is 5.76. The maximum Gasteiger partial charge on any atom is 0.416 e. The molecule has 0 radical (unpaired) electrons. The van der Waals surface area contributed by atoms with Crippen molar-refractivity contribution in [3.63, 3.8) is 0 Å². The Bertz CT molecular complexity index is 1330. The van der Waals surface area contributed by atoms with Gasteiger partial charge in [-0.3, -0.25) is 4.72 Å². The van der Waals surface area contributed by atoms with Gasteiger partial charge in [-0.25, -0.2) is 8.42 Å². The van der Waals surface area contributed by atoms with Crippen LogP contribution in [0.3, 0.4) is 0 Å². The van der Waals surface area contributed by atoms with Gasteiger partial charge in [0.05, 0.1) is 10.5 Å². The van der Waals surface area contributed by atoms with Crippen molar-refractivity contribution in [3.8, 4) is 11.1 Å². The van der Waals surface area contributed by atoms with Crippen molar-refractivity contribution < 1.29 is 21.6 Å². The third-order valence-corrected chi connectivity index (χ3v) is 6.34. The van der Waals surface area contributed by atoms with Crippen LogP contribution in [0.25, 0.3) is 16.7 Å². The fourth-order valence-corrected chi connectivity index (χ4v) is 4.31. The van der Waals surface area contributed by atoms with Crippen molar-refractivity contribution in [1.82, 2.24) is 4.72 Å². The molecular formula is C25H18F3NO2S. The highest BCUT2D eigenvalue weighted by Crippen LogP contribution is 2.35. The maximum absolute atomic E-state index is 12.8. The summed E-state index contributed by atoms with van der Waals surface area (Å²) >= 11 is 0. The average molecular weight is 453 g/mol. The lowest BCUT2D eigenvalue weighted by Gasteiger charge is -2.12. The van der Waals surface area contributed by atoms with E-state index in [1.54, 1.807) is 0 Å². The van der Waals surface area contributed by atoms with Crippen LogP contribution in [0.5, 0.6) is 0 Å². The van der Waals surface area contributed by atoms with Crippen LogP contribution in [0.2, 0.25) is 0 Å². The molecule has 2 aromatic rings. The Hall–Kier alpha value is -3.58. The van der Waals surface area contributed by atoms with Crippen LogP contribution in [-0.4, -0.2) is 8.42 Å². The predicted molar refractivity (Wildman–Crippen MR) is 118 cm³/mol. The number of nitrogens with one attached hydrogen (secondary N) is 1. The molecule has 2 aliphatic carbocycles. The topological polar surface area (TPSA) is 46.2 Å². The van der Waals surface area contributed by atoms with E-state index in [0.717, 1.165) is 46.5 Å². The van der Waals surface area contributed by atoms with E-state index in [9.17, 15) is 21.6 Å². The van der Waals surface area contributed by atoms with Gasteiger partial charge in [0, 0.05) is 11.8 Å². The quantitative estimate of drug-likeness (QED) is 0.392. The molecule has 0 saturated carbocycles. The van der Waals surface area contributed by atoms with E-state index in [-0.39, 0.29) is 4.90 Å². The molecule has 0 heterocycles. The molecule has 1 N–H and O–H groups in total. The summed E-state index contributed by atoms with van der Waals surface area (Å²) in [5, 5.41) is 0. The van der Waals surface area contributed by atoms with E-state index in [4.69, 9.17) is 0 Å². The van der Waals surface area contributed by atoms with Gasteiger partial charge in [0.2, 0.25) is 0 Å². The Labute approximate surface area is 184 Å². The van der Waals surface area contributed by atoms with Gasteiger partial charge < -0.3 is 0 Å². The van der Waals surface area contributed by atoms with Crippen LogP contribution < -0.4 is 4.72 Å². The van der Waals surface area contributed by atoms with E-state index in [0.29, 0.717) is 5.57 Å². The number of hydrogen-bond donors (Lipinski definition) is 1. The van der Waals surface area contributed by atoms with Gasteiger partial charge in [0.25, 0.3) is 10.0 Å². The van der Waals surface area contributed by atoms with Gasteiger partial charge in [-0.2, -0.15) is 13.2 Å². The van der Waals surface area contributed by atoms with Gasteiger partial charge in [0.15, 0.2) is 0 Å². The van der Waals surface area contributed by atoms with Gasteiger partial charge in [0.1, 0.15) is 0 Å². The minimum Gasteiger partial charge on any atom is -0.286 e. The molecule has 32 heavy (non-hydrogen) atoms. The van der Waals surface area contributed by atoms with Crippen LogP contribution in [0, 0.1) is 0 Å². The zero-order chi connectivity index (χ0) is 22.8. The molecule has 7 heteroatoms.